The Balaban J connectivity index is 0.00000576. The second kappa shape index (κ2) is 14.0. The van der Waals surface area contributed by atoms with E-state index in [1.807, 2.05) is 13.0 Å². The molecule has 5 nitrogen and oxygen atoms in total. The number of guanidine groups is 1. The average molecular weight is 463 g/mol. The molecule has 0 bridgehead atoms. The van der Waals surface area contributed by atoms with Crippen molar-refractivity contribution in [1.82, 2.24) is 10.6 Å². The molecule has 0 aliphatic heterocycles. The Hall–Kier alpha value is -1.18. The van der Waals surface area contributed by atoms with Gasteiger partial charge in [-0.05, 0) is 50.3 Å². The monoisotopic (exact) mass is 463 g/mol. The molecule has 0 aliphatic carbocycles. The van der Waals surface area contributed by atoms with Crippen molar-refractivity contribution >= 4 is 29.9 Å². The summed E-state index contributed by atoms with van der Waals surface area (Å²) in [5.74, 6) is 3.07. The van der Waals surface area contributed by atoms with Gasteiger partial charge in [0.25, 0.3) is 0 Å². The predicted molar refractivity (Wildman–Crippen MR) is 117 cm³/mol. The number of aliphatic imine (C=N–C) groups is 1. The lowest BCUT2D eigenvalue weighted by atomic mass is 10.1. The van der Waals surface area contributed by atoms with Gasteiger partial charge in [-0.15, -0.1) is 24.0 Å². The van der Waals surface area contributed by atoms with Crippen LogP contribution in [-0.2, 0) is 6.42 Å². The lowest BCUT2D eigenvalue weighted by Gasteiger charge is -2.13. The zero-order valence-corrected chi connectivity index (χ0v) is 18.6. The average Bonchev–Trinajstić information content (AvgIpc) is 2.57. The van der Waals surface area contributed by atoms with Crippen LogP contribution in [0.1, 0.15) is 39.7 Å². The third-order valence-corrected chi connectivity index (χ3v) is 3.42. The normalized spacial score (nSPS) is 11.0. The summed E-state index contributed by atoms with van der Waals surface area (Å²) in [5, 5.41) is 6.67. The van der Waals surface area contributed by atoms with Crippen molar-refractivity contribution in [3.8, 4) is 11.5 Å². The Morgan fingerprint density at radius 2 is 1.92 bits per heavy atom. The van der Waals surface area contributed by atoms with Crippen LogP contribution < -0.4 is 20.1 Å². The summed E-state index contributed by atoms with van der Waals surface area (Å²) in [5.41, 5.74) is 1.25. The van der Waals surface area contributed by atoms with Crippen molar-refractivity contribution < 1.29 is 9.47 Å². The predicted octanol–water partition coefficient (Wildman–Crippen LogP) is 3.86. The molecule has 0 fully saturated rings. The number of ether oxygens (including phenoxy) is 2. The largest absolute Gasteiger partial charge is 0.493 e. The number of methoxy groups -OCH3 is 1. The Morgan fingerprint density at radius 1 is 1.16 bits per heavy atom. The van der Waals surface area contributed by atoms with Crippen LogP contribution in [0.2, 0.25) is 0 Å². The van der Waals surface area contributed by atoms with E-state index < -0.39 is 0 Å². The molecular formula is C19H34IN3O2. The van der Waals surface area contributed by atoms with Crippen molar-refractivity contribution in [2.75, 3.05) is 33.4 Å². The van der Waals surface area contributed by atoms with Gasteiger partial charge in [0, 0.05) is 19.6 Å². The maximum atomic E-state index is 5.63. The van der Waals surface area contributed by atoms with Gasteiger partial charge in [0.05, 0.1) is 13.7 Å². The van der Waals surface area contributed by atoms with E-state index >= 15 is 0 Å². The van der Waals surface area contributed by atoms with Gasteiger partial charge in [0.1, 0.15) is 0 Å². The summed E-state index contributed by atoms with van der Waals surface area (Å²) in [6.45, 7) is 11.7. The van der Waals surface area contributed by atoms with Crippen LogP contribution in [0.25, 0.3) is 0 Å². The maximum absolute atomic E-state index is 5.63. The smallest absolute Gasteiger partial charge is 0.191 e. The van der Waals surface area contributed by atoms with Crippen molar-refractivity contribution in [3.05, 3.63) is 23.8 Å². The number of nitrogens with one attached hydrogen (secondary N) is 2. The van der Waals surface area contributed by atoms with Crippen molar-refractivity contribution in [3.63, 3.8) is 0 Å². The summed E-state index contributed by atoms with van der Waals surface area (Å²) >= 11 is 0. The molecular weight excluding hydrogens is 429 g/mol. The third-order valence-electron chi connectivity index (χ3n) is 3.42. The third kappa shape index (κ3) is 9.77. The van der Waals surface area contributed by atoms with Crippen LogP contribution in [0, 0.1) is 5.92 Å². The molecule has 0 radical (unpaired) electrons. The number of benzene rings is 1. The second-order valence-corrected chi connectivity index (χ2v) is 6.06. The van der Waals surface area contributed by atoms with Gasteiger partial charge in [-0.25, -0.2) is 0 Å². The number of rotatable bonds is 10. The molecule has 1 rings (SSSR count). The van der Waals surface area contributed by atoms with E-state index in [0.717, 1.165) is 49.9 Å². The highest BCUT2D eigenvalue weighted by atomic mass is 127. The van der Waals surface area contributed by atoms with E-state index in [2.05, 4.69) is 48.5 Å². The molecule has 0 heterocycles. The lowest BCUT2D eigenvalue weighted by Crippen LogP contribution is -2.38. The molecule has 25 heavy (non-hydrogen) atoms. The molecule has 0 spiro atoms. The highest BCUT2D eigenvalue weighted by Crippen LogP contribution is 2.28. The van der Waals surface area contributed by atoms with E-state index in [1.165, 1.54) is 5.56 Å². The van der Waals surface area contributed by atoms with Gasteiger partial charge in [-0.1, -0.05) is 19.9 Å². The minimum Gasteiger partial charge on any atom is -0.493 e. The summed E-state index contributed by atoms with van der Waals surface area (Å²) in [6, 6.07) is 6.14. The zero-order chi connectivity index (χ0) is 17.8. The van der Waals surface area contributed by atoms with Gasteiger partial charge in [-0.3, -0.25) is 4.99 Å². The fourth-order valence-corrected chi connectivity index (χ4v) is 2.26. The quantitative estimate of drug-likeness (QED) is 0.240. The number of hydrogen-bond donors (Lipinski definition) is 2. The first-order valence-electron chi connectivity index (χ1n) is 8.92. The first-order valence-corrected chi connectivity index (χ1v) is 8.92. The molecule has 1 aromatic carbocycles. The van der Waals surface area contributed by atoms with E-state index in [9.17, 15) is 0 Å². The number of aryl methyl sites for hydroxylation is 1. The Morgan fingerprint density at radius 3 is 2.52 bits per heavy atom. The highest BCUT2D eigenvalue weighted by Gasteiger charge is 2.05. The molecule has 6 heteroatoms. The SMILES string of the molecule is CCNC(=NCC(C)C)NCCCc1ccc(OC)c(OCC)c1.I. The lowest BCUT2D eigenvalue weighted by molar-refractivity contribution is 0.310. The minimum atomic E-state index is 0. The fourth-order valence-electron chi connectivity index (χ4n) is 2.26. The molecule has 0 saturated heterocycles. The maximum Gasteiger partial charge on any atom is 0.191 e. The van der Waals surface area contributed by atoms with Gasteiger partial charge >= 0.3 is 0 Å². The van der Waals surface area contributed by atoms with Gasteiger partial charge in [0.2, 0.25) is 0 Å². The number of nitrogens with zero attached hydrogens (tertiary/aromatic N) is 1. The Kier molecular flexibility index (Phi) is 13.4. The first kappa shape index (κ1) is 23.8. The second-order valence-electron chi connectivity index (χ2n) is 6.06. The van der Waals surface area contributed by atoms with Crippen LogP contribution in [0.5, 0.6) is 11.5 Å². The summed E-state index contributed by atoms with van der Waals surface area (Å²) in [6.07, 6.45) is 2.02. The van der Waals surface area contributed by atoms with Crippen LogP contribution in [0.3, 0.4) is 0 Å². The molecule has 2 N–H and O–H groups in total. The van der Waals surface area contributed by atoms with Crippen LogP contribution in [0.4, 0.5) is 0 Å². The van der Waals surface area contributed by atoms with Gasteiger partial charge in [-0.2, -0.15) is 0 Å². The van der Waals surface area contributed by atoms with Gasteiger partial charge < -0.3 is 20.1 Å². The molecule has 0 aromatic heterocycles. The topological polar surface area (TPSA) is 54.9 Å². The van der Waals surface area contributed by atoms with Crippen LogP contribution in [-0.4, -0.2) is 39.3 Å². The Bertz CT molecular complexity index is 507. The van der Waals surface area contributed by atoms with Crippen molar-refractivity contribution in [1.29, 1.82) is 0 Å². The van der Waals surface area contributed by atoms with Crippen molar-refractivity contribution in [2.24, 2.45) is 10.9 Å². The standard InChI is InChI=1S/C19H33N3O2.HI/c1-6-20-19(22-14-15(3)4)21-12-8-9-16-10-11-17(23-5)18(13-16)24-7-2;/h10-11,13,15H,6-9,12,14H2,1-5H3,(H2,20,21,22);1H. The van der Waals surface area contributed by atoms with Crippen LogP contribution in [0.15, 0.2) is 23.2 Å². The molecule has 144 valence electrons. The number of halogens is 1. The molecule has 0 aliphatic rings. The Labute approximate surface area is 170 Å². The van der Waals surface area contributed by atoms with E-state index in [-0.39, 0.29) is 24.0 Å². The molecule has 0 unspecified atom stereocenters. The highest BCUT2D eigenvalue weighted by molar-refractivity contribution is 14.0. The van der Waals surface area contributed by atoms with Crippen molar-refractivity contribution in [2.45, 2.75) is 40.5 Å². The molecule has 0 atom stereocenters. The summed E-state index contributed by atoms with van der Waals surface area (Å²) < 4.78 is 11.0. The first-order chi connectivity index (χ1) is 11.6. The summed E-state index contributed by atoms with van der Waals surface area (Å²) in [7, 11) is 1.67. The van der Waals surface area contributed by atoms with E-state index in [0.29, 0.717) is 12.5 Å². The van der Waals surface area contributed by atoms with E-state index in [4.69, 9.17) is 9.47 Å². The van der Waals surface area contributed by atoms with E-state index in [1.54, 1.807) is 7.11 Å². The molecule has 0 saturated carbocycles. The summed E-state index contributed by atoms with van der Waals surface area (Å²) in [4.78, 5) is 4.58. The number of hydrogen-bond acceptors (Lipinski definition) is 3. The zero-order valence-electron chi connectivity index (χ0n) is 16.2. The van der Waals surface area contributed by atoms with Crippen LogP contribution >= 0.6 is 24.0 Å². The minimum absolute atomic E-state index is 0. The van der Waals surface area contributed by atoms with Gasteiger partial charge in [0.15, 0.2) is 17.5 Å². The molecule has 0 amide bonds. The fraction of sp³-hybridized carbons (Fsp3) is 0.632. The molecule has 1 aromatic rings.